The molecule has 1 fully saturated rings. The Bertz CT molecular complexity index is 539. The maximum absolute atomic E-state index is 4.52. The molecule has 3 heteroatoms. The average molecular weight is 253 g/mol. The summed E-state index contributed by atoms with van der Waals surface area (Å²) in [5, 5.41) is 3.43. The number of nitrogens with one attached hydrogen (secondary N) is 1. The monoisotopic (exact) mass is 253 g/mol. The Morgan fingerprint density at radius 3 is 2.74 bits per heavy atom. The molecule has 1 N–H and O–H groups in total. The van der Waals surface area contributed by atoms with Crippen molar-refractivity contribution in [1.82, 2.24) is 9.88 Å². The van der Waals surface area contributed by atoms with Crippen LogP contribution in [0.5, 0.6) is 0 Å². The molecule has 1 aliphatic rings. The van der Waals surface area contributed by atoms with E-state index in [9.17, 15) is 0 Å². The van der Waals surface area contributed by atoms with Crippen LogP contribution in [0.15, 0.2) is 48.7 Å². The number of anilines is 2. The van der Waals surface area contributed by atoms with E-state index in [1.165, 1.54) is 24.9 Å². The number of pyridine rings is 1. The van der Waals surface area contributed by atoms with E-state index in [-0.39, 0.29) is 0 Å². The molecule has 2 heterocycles. The Balaban J connectivity index is 1.89. The van der Waals surface area contributed by atoms with Gasteiger partial charge in [0, 0.05) is 23.5 Å². The third-order valence-electron chi connectivity index (χ3n) is 3.75. The zero-order valence-electron chi connectivity index (χ0n) is 11.2. The molecule has 19 heavy (non-hydrogen) atoms. The Hall–Kier alpha value is -1.87. The molecule has 0 amide bonds. The number of benzene rings is 1. The summed E-state index contributed by atoms with van der Waals surface area (Å²) in [5.41, 5.74) is 2.38. The number of rotatable bonds is 3. The Morgan fingerprint density at radius 1 is 1.16 bits per heavy atom. The summed E-state index contributed by atoms with van der Waals surface area (Å²) in [5.74, 6) is 0.979. The summed E-state index contributed by atoms with van der Waals surface area (Å²) in [7, 11) is 2.19. The molecule has 3 rings (SSSR count). The van der Waals surface area contributed by atoms with Crippen LogP contribution in [-0.2, 0) is 0 Å². The van der Waals surface area contributed by atoms with Gasteiger partial charge in [-0.25, -0.2) is 4.98 Å². The molecule has 1 saturated heterocycles. The highest BCUT2D eigenvalue weighted by Gasteiger charge is 2.25. The van der Waals surface area contributed by atoms with Crippen LogP contribution in [0.25, 0.3) is 0 Å². The van der Waals surface area contributed by atoms with Gasteiger partial charge in [0.05, 0.1) is 0 Å². The molecule has 1 aromatic heterocycles. The lowest BCUT2D eigenvalue weighted by atomic mass is 10.1. The van der Waals surface area contributed by atoms with Crippen LogP contribution in [0.4, 0.5) is 11.5 Å². The first-order valence-corrected chi connectivity index (χ1v) is 6.82. The maximum Gasteiger partial charge on any atom is 0.135 e. The molecule has 98 valence electrons. The van der Waals surface area contributed by atoms with Crippen LogP contribution < -0.4 is 5.32 Å². The van der Waals surface area contributed by atoms with Crippen LogP contribution in [0.3, 0.4) is 0 Å². The van der Waals surface area contributed by atoms with Crippen LogP contribution in [-0.4, -0.2) is 23.5 Å². The summed E-state index contributed by atoms with van der Waals surface area (Å²) in [6.45, 7) is 1.17. The lowest BCUT2D eigenvalue weighted by Crippen LogP contribution is -2.18. The van der Waals surface area contributed by atoms with Gasteiger partial charge in [0.1, 0.15) is 5.82 Å². The van der Waals surface area contributed by atoms with Gasteiger partial charge in [-0.1, -0.05) is 24.3 Å². The minimum atomic E-state index is 0.486. The molecule has 2 aromatic rings. The number of para-hydroxylation sites is 1. The van der Waals surface area contributed by atoms with Crippen molar-refractivity contribution in [3.8, 4) is 0 Å². The van der Waals surface area contributed by atoms with E-state index in [4.69, 9.17) is 0 Å². The highest BCUT2D eigenvalue weighted by Crippen LogP contribution is 2.34. The first-order valence-electron chi connectivity index (χ1n) is 6.82. The van der Waals surface area contributed by atoms with E-state index < -0.39 is 0 Å². The minimum absolute atomic E-state index is 0.486. The highest BCUT2D eigenvalue weighted by atomic mass is 15.2. The summed E-state index contributed by atoms with van der Waals surface area (Å²) in [6.07, 6.45) is 4.33. The molecule has 0 aliphatic carbocycles. The van der Waals surface area contributed by atoms with Gasteiger partial charge >= 0.3 is 0 Å². The number of nitrogens with zero attached hydrogens (tertiary/aromatic N) is 2. The smallest absolute Gasteiger partial charge is 0.135 e. The second kappa shape index (κ2) is 5.41. The summed E-state index contributed by atoms with van der Waals surface area (Å²) in [6, 6.07) is 14.9. The first kappa shape index (κ1) is 12.2. The quantitative estimate of drug-likeness (QED) is 0.906. The molecule has 0 radical (unpaired) electrons. The first-order chi connectivity index (χ1) is 9.34. The molecular formula is C16H19N3. The molecule has 0 saturated carbocycles. The van der Waals surface area contributed by atoms with Crippen molar-refractivity contribution in [1.29, 1.82) is 0 Å². The van der Waals surface area contributed by atoms with Crippen molar-refractivity contribution in [2.45, 2.75) is 18.9 Å². The van der Waals surface area contributed by atoms with E-state index in [1.807, 2.05) is 30.5 Å². The second-order valence-corrected chi connectivity index (χ2v) is 5.07. The van der Waals surface area contributed by atoms with Gasteiger partial charge in [0.2, 0.25) is 0 Å². The van der Waals surface area contributed by atoms with Crippen molar-refractivity contribution in [2.24, 2.45) is 0 Å². The van der Waals surface area contributed by atoms with Crippen molar-refractivity contribution < 1.29 is 0 Å². The van der Waals surface area contributed by atoms with Crippen molar-refractivity contribution in [3.05, 3.63) is 54.2 Å². The van der Waals surface area contributed by atoms with Gasteiger partial charge in [-0.15, -0.1) is 0 Å². The van der Waals surface area contributed by atoms with Gasteiger partial charge in [-0.05, 0) is 44.6 Å². The van der Waals surface area contributed by atoms with E-state index in [1.54, 1.807) is 0 Å². The van der Waals surface area contributed by atoms with E-state index in [2.05, 4.69) is 40.4 Å². The number of likely N-dealkylation sites (tertiary alicyclic amines) is 1. The number of hydrogen-bond donors (Lipinski definition) is 1. The zero-order chi connectivity index (χ0) is 13.1. The Morgan fingerprint density at radius 2 is 2.00 bits per heavy atom. The van der Waals surface area contributed by atoms with Gasteiger partial charge in [0.25, 0.3) is 0 Å². The maximum atomic E-state index is 4.52. The second-order valence-electron chi connectivity index (χ2n) is 5.07. The fourth-order valence-electron chi connectivity index (χ4n) is 2.75. The lowest BCUT2D eigenvalue weighted by molar-refractivity contribution is 0.318. The third kappa shape index (κ3) is 2.61. The third-order valence-corrected chi connectivity index (χ3v) is 3.75. The molecule has 1 aromatic carbocycles. The van der Waals surface area contributed by atoms with Crippen molar-refractivity contribution >= 4 is 11.5 Å². The predicted octanol–water partition coefficient (Wildman–Crippen LogP) is 3.59. The van der Waals surface area contributed by atoms with Gasteiger partial charge in [-0.2, -0.15) is 0 Å². The standard InChI is InChI=1S/C16H19N3/c1-19-12-6-10-15(19)14-9-5-11-17-16(14)18-13-7-3-2-4-8-13/h2-5,7-9,11,15H,6,10,12H2,1H3,(H,17,18)/t15-/m0/s1. The molecule has 1 atom stereocenters. The van der Waals surface area contributed by atoms with Crippen LogP contribution in [0.1, 0.15) is 24.4 Å². The molecule has 1 aliphatic heterocycles. The number of hydrogen-bond acceptors (Lipinski definition) is 3. The average Bonchev–Trinajstić information content (AvgIpc) is 2.87. The number of aromatic nitrogens is 1. The normalized spacial score (nSPS) is 19.5. The van der Waals surface area contributed by atoms with Crippen molar-refractivity contribution in [2.75, 3.05) is 18.9 Å². The minimum Gasteiger partial charge on any atom is -0.340 e. The highest BCUT2D eigenvalue weighted by molar-refractivity contribution is 5.59. The van der Waals surface area contributed by atoms with Crippen LogP contribution >= 0.6 is 0 Å². The Labute approximate surface area is 114 Å². The van der Waals surface area contributed by atoms with E-state index in [0.29, 0.717) is 6.04 Å². The molecule has 3 nitrogen and oxygen atoms in total. The van der Waals surface area contributed by atoms with E-state index >= 15 is 0 Å². The topological polar surface area (TPSA) is 28.2 Å². The largest absolute Gasteiger partial charge is 0.340 e. The van der Waals surface area contributed by atoms with E-state index in [0.717, 1.165) is 11.5 Å². The van der Waals surface area contributed by atoms with Crippen LogP contribution in [0.2, 0.25) is 0 Å². The molecule has 0 spiro atoms. The van der Waals surface area contributed by atoms with Gasteiger partial charge in [-0.3, -0.25) is 4.90 Å². The molecular weight excluding hydrogens is 234 g/mol. The predicted molar refractivity (Wildman–Crippen MR) is 78.6 cm³/mol. The SMILES string of the molecule is CN1CCC[C@H]1c1cccnc1Nc1ccccc1. The zero-order valence-corrected chi connectivity index (χ0v) is 11.2. The molecule has 0 bridgehead atoms. The Kier molecular flexibility index (Phi) is 3.47. The van der Waals surface area contributed by atoms with Crippen LogP contribution in [0, 0.1) is 0 Å². The van der Waals surface area contributed by atoms with Gasteiger partial charge < -0.3 is 5.32 Å². The van der Waals surface area contributed by atoms with Gasteiger partial charge in [0.15, 0.2) is 0 Å². The summed E-state index contributed by atoms with van der Waals surface area (Å²) >= 11 is 0. The lowest BCUT2D eigenvalue weighted by Gasteiger charge is -2.22. The summed E-state index contributed by atoms with van der Waals surface area (Å²) in [4.78, 5) is 6.93. The molecule has 0 unspecified atom stereocenters. The summed E-state index contributed by atoms with van der Waals surface area (Å²) < 4.78 is 0. The fourth-order valence-corrected chi connectivity index (χ4v) is 2.75. The fraction of sp³-hybridized carbons (Fsp3) is 0.312. The van der Waals surface area contributed by atoms with Crippen molar-refractivity contribution in [3.63, 3.8) is 0 Å².